The van der Waals surface area contributed by atoms with Crippen molar-refractivity contribution in [3.8, 4) is 5.69 Å². The lowest BCUT2D eigenvalue weighted by Gasteiger charge is -2.34. The lowest BCUT2D eigenvalue weighted by Crippen LogP contribution is -2.49. The van der Waals surface area contributed by atoms with Gasteiger partial charge in [-0.25, -0.2) is 8.42 Å². The molecule has 32 heavy (non-hydrogen) atoms. The minimum atomic E-state index is -3.69. The molecule has 2 aromatic heterocycles. The highest BCUT2D eigenvalue weighted by Gasteiger charge is 2.31. The minimum absolute atomic E-state index is 0.184. The van der Waals surface area contributed by atoms with E-state index in [2.05, 4.69) is 13.8 Å². The zero-order valence-corrected chi connectivity index (χ0v) is 18.9. The molecular formula is C21H20N6O3S2. The molecule has 5 rings (SSSR count). The zero-order valence-electron chi connectivity index (χ0n) is 17.2. The Labute approximate surface area is 188 Å². The maximum atomic E-state index is 13.2. The summed E-state index contributed by atoms with van der Waals surface area (Å²) < 4.78 is 37.6. The number of benzene rings is 2. The van der Waals surface area contributed by atoms with Crippen molar-refractivity contribution in [2.75, 3.05) is 31.1 Å². The van der Waals surface area contributed by atoms with Gasteiger partial charge in [0, 0.05) is 32.2 Å². The van der Waals surface area contributed by atoms with Gasteiger partial charge in [0.05, 0.1) is 17.4 Å². The summed E-state index contributed by atoms with van der Waals surface area (Å²) in [6, 6.07) is 15.7. The number of anilines is 1. The van der Waals surface area contributed by atoms with Crippen LogP contribution in [0.5, 0.6) is 0 Å². The Morgan fingerprint density at radius 3 is 2.41 bits per heavy atom. The van der Waals surface area contributed by atoms with Crippen molar-refractivity contribution in [3.63, 3.8) is 0 Å². The summed E-state index contributed by atoms with van der Waals surface area (Å²) in [4.78, 5) is 14.5. The second-order valence-electron chi connectivity index (χ2n) is 7.56. The third-order valence-corrected chi connectivity index (χ3v) is 7.97. The van der Waals surface area contributed by atoms with Crippen LogP contribution in [0.4, 0.5) is 5.82 Å². The molecule has 0 N–H and O–H groups in total. The number of fused-ring (bicyclic) bond motifs is 1. The number of aromatic nitrogens is 4. The normalized spacial score (nSPS) is 15.3. The van der Waals surface area contributed by atoms with Crippen molar-refractivity contribution >= 4 is 38.6 Å². The van der Waals surface area contributed by atoms with Gasteiger partial charge in [-0.05, 0) is 37.3 Å². The second-order valence-corrected chi connectivity index (χ2v) is 9.99. The quantitative estimate of drug-likeness (QED) is 0.452. The molecule has 1 aliphatic heterocycles. The van der Waals surface area contributed by atoms with E-state index in [0.29, 0.717) is 48.7 Å². The standard InChI is InChI=1S/C21H20N6O3S2/c1-15-5-7-16(8-6-15)27-20(28)10-9-19(22-27)25-11-13-26(14-12-25)32(29,30)18-4-2-3-17-21(18)24-31-23-17/h2-10H,11-14H2,1H3. The number of nitrogens with zero attached hydrogens (tertiary/aromatic N) is 6. The van der Waals surface area contributed by atoms with Gasteiger partial charge in [0.15, 0.2) is 0 Å². The highest BCUT2D eigenvalue weighted by molar-refractivity contribution is 7.89. The number of aryl methyl sites for hydroxylation is 1. The Kier molecular flexibility index (Phi) is 5.24. The van der Waals surface area contributed by atoms with Crippen LogP contribution in [0, 0.1) is 6.92 Å². The first-order valence-corrected chi connectivity index (χ1v) is 12.2. The van der Waals surface area contributed by atoms with Gasteiger partial charge < -0.3 is 4.90 Å². The smallest absolute Gasteiger partial charge is 0.271 e. The molecule has 164 valence electrons. The number of hydrogen-bond acceptors (Lipinski definition) is 8. The van der Waals surface area contributed by atoms with Gasteiger partial charge in [-0.15, -0.1) is 5.10 Å². The van der Waals surface area contributed by atoms with Crippen molar-refractivity contribution in [1.29, 1.82) is 0 Å². The van der Waals surface area contributed by atoms with Gasteiger partial charge in [-0.2, -0.15) is 17.7 Å². The van der Waals surface area contributed by atoms with Crippen LogP contribution in [0.2, 0.25) is 0 Å². The van der Waals surface area contributed by atoms with Gasteiger partial charge in [0.2, 0.25) is 10.0 Å². The summed E-state index contributed by atoms with van der Waals surface area (Å²) in [6.07, 6.45) is 0. The molecule has 0 spiro atoms. The largest absolute Gasteiger partial charge is 0.353 e. The lowest BCUT2D eigenvalue weighted by atomic mass is 10.2. The third-order valence-electron chi connectivity index (χ3n) is 5.49. The van der Waals surface area contributed by atoms with E-state index in [1.807, 2.05) is 36.1 Å². The predicted octanol–water partition coefficient (Wildman–Crippen LogP) is 2.06. The first-order chi connectivity index (χ1) is 15.4. The summed E-state index contributed by atoms with van der Waals surface area (Å²) in [5.41, 5.74) is 2.56. The van der Waals surface area contributed by atoms with Crippen molar-refractivity contribution in [1.82, 2.24) is 22.8 Å². The Morgan fingerprint density at radius 1 is 0.906 bits per heavy atom. The fourth-order valence-corrected chi connectivity index (χ4v) is 5.90. The molecule has 3 heterocycles. The second kappa shape index (κ2) is 8.08. The molecule has 9 nitrogen and oxygen atoms in total. The molecule has 1 aliphatic rings. The van der Waals surface area contributed by atoms with Crippen LogP contribution < -0.4 is 10.5 Å². The van der Waals surface area contributed by atoms with Crippen LogP contribution in [-0.2, 0) is 10.0 Å². The number of piperazine rings is 1. The molecule has 0 radical (unpaired) electrons. The molecule has 0 atom stereocenters. The third kappa shape index (κ3) is 3.68. The molecule has 1 saturated heterocycles. The Hall–Kier alpha value is -3.15. The monoisotopic (exact) mass is 468 g/mol. The minimum Gasteiger partial charge on any atom is -0.353 e. The topological polar surface area (TPSA) is 101 Å². The molecule has 1 fully saturated rings. The first-order valence-electron chi connectivity index (χ1n) is 10.1. The molecule has 2 aromatic carbocycles. The summed E-state index contributed by atoms with van der Waals surface area (Å²) in [6.45, 7) is 3.52. The SMILES string of the molecule is Cc1ccc(-n2nc(N3CCN(S(=O)(=O)c4cccc5nsnc45)CC3)ccc2=O)cc1. The van der Waals surface area contributed by atoms with E-state index in [9.17, 15) is 13.2 Å². The molecule has 0 aliphatic carbocycles. The fourth-order valence-electron chi connectivity index (χ4n) is 3.73. The molecule has 0 saturated carbocycles. The average molecular weight is 469 g/mol. The highest BCUT2D eigenvalue weighted by Crippen LogP contribution is 2.25. The van der Waals surface area contributed by atoms with E-state index in [0.717, 1.165) is 17.3 Å². The van der Waals surface area contributed by atoms with E-state index < -0.39 is 10.0 Å². The molecule has 0 amide bonds. The van der Waals surface area contributed by atoms with Crippen LogP contribution in [0.1, 0.15) is 5.56 Å². The first kappa shape index (κ1) is 20.7. The van der Waals surface area contributed by atoms with E-state index in [1.165, 1.54) is 15.1 Å². The van der Waals surface area contributed by atoms with Crippen LogP contribution >= 0.6 is 11.7 Å². The molecule has 0 bridgehead atoms. The van der Waals surface area contributed by atoms with Crippen molar-refractivity contribution in [3.05, 3.63) is 70.5 Å². The number of hydrogen-bond donors (Lipinski definition) is 0. The van der Waals surface area contributed by atoms with Gasteiger partial charge >= 0.3 is 0 Å². The van der Waals surface area contributed by atoms with Crippen molar-refractivity contribution in [2.24, 2.45) is 0 Å². The fraction of sp³-hybridized carbons (Fsp3) is 0.238. The van der Waals surface area contributed by atoms with Gasteiger partial charge in [0.25, 0.3) is 5.56 Å². The molecular weight excluding hydrogens is 448 g/mol. The van der Waals surface area contributed by atoms with E-state index >= 15 is 0 Å². The van der Waals surface area contributed by atoms with Gasteiger partial charge in [0.1, 0.15) is 21.7 Å². The summed E-state index contributed by atoms with van der Waals surface area (Å²) in [5, 5.41) is 4.52. The lowest BCUT2D eigenvalue weighted by molar-refractivity contribution is 0.383. The van der Waals surface area contributed by atoms with E-state index in [-0.39, 0.29) is 10.5 Å². The van der Waals surface area contributed by atoms with Crippen LogP contribution in [0.15, 0.2) is 64.3 Å². The van der Waals surface area contributed by atoms with Crippen molar-refractivity contribution in [2.45, 2.75) is 11.8 Å². The molecule has 4 aromatic rings. The summed E-state index contributed by atoms with van der Waals surface area (Å²) >= 11 is 1.00. The zero-order chi connectivity index (χ0) is 22.3. The Morgan fingerprint density at radius 2 is 1.66 bits per heavy atom. The maximum absolute atomic E-state index is 13.2. The van der Waals surface area contributed by atoms with E-state index in [1.54, 1.807) is 24.3 Å². The Balaban J connectivity index is 1.37. The van der Waals surface area contributed by atoms with E-state index in [4.69, 9.17) is 0 Å². The van der Waals surface area contributed by atoms with Crippen LogP contribution in [-0.4, -0.2) is 57.4 Å². The predicted molar refractivity (Wildman–Crippen MR) is 123 cm³/mol. The number of rotatable bonds is 4. The highest BCUT2D eigenvalue weighted by atomic mass is 32.2. The van der Waals surface area contributed by atoms with Crippen molar-refractivity contribution < 1.29 is 8.42 Å². The summed E-state index contributed by atoms with van der Waals surface area (Å²) in [5.74, 6) is 0.632. The summed E-state index contributed by atoms with van der Waals surface area (Å²) in [7, 11) is -3.69. The Bertz CT molecular complexity index is 1440. The van der Waals surface area contributed by atoms with Gasteiger partial charge in [-0.3, -0.25) is 4.79 Å². The van der Waals surface area contributed by atoms with Crippen LogP contribution in [0.3, 0.4) is 0 Å². The average Bonchev–Trinajstić information content (AvgIpc) is 3.29. The van der Waals surface area contributed by atoms with Gasteiger partial charge in [-0.1, -0.05) is 23.8 Å². The maximum Gasteiger partial charge on any atom is 0.271 e. The van der Waals surface area contributed by atoms with Crippen LogP contribution in [0.25, 0.3) is 16.7 Å². The molecule has 0 unspecified atom stereocenters. The molecule has 11 heteroatoms. The number of sulfonamides is 1.